The molecule has 4 N–H and O–H groups in total. The molecule has 3 aromatic rings. The molecule has 0 unspecified atom stereocenters. The number of nitrogens with one attached hydrogen (secondary N) is 1. The first-order chi connectivity index (χ1) is 16.2. The SMILES string of the molecule is C[C@@H](O)c1cc(F)c(-c2nc(C(=O)Nc3cnn(C)c3[C@@H]3CC[C@@H](N)[C@H](F)CO3)cs2)c(F)c1. The molecule has 182 valence electrons. The molecule has 8 nitrogen and oxygen atoms in total. The summed E-state index contributed by atoms with van der Waals surface area (Å²) in [5.41, 5.74) is 6.39. The van der Waals surface area contributed by atoms with E-state index in [0.29, 0.717) is 24.2 Å². The Morgan fingerprint density at radius 3 is 2.74 bits per heavy atom. The Morgan fingerprint density at radius 1 is 1.35 bits per heavy atom. The van der Waals surface area contributed by atoms with E-state index in [1.807, 2.05) is 0 Å². The number of halogens is 3. The fraction of sp³-hybridized carbons (Fsp3) is 0.409. The maximum atomic E-state index is 14.5. The van der Waals surface area contributed by atoms with E-state index in [-0.39, 0.29) is 28.4 Å². The summed E-state index contributed by atoms with van der Waals surface area (Å²) in [4.78, 5) is 16.9. The van der Waals surface area contributed by atoms with E-state index in [9.17, 15) is 23.1 Å². The zero-order valence-electron chi connectivity index (χ0n) is 18.5. The zero-order chi connectivity index (χ0) is 24.6. The van der Waals surface area contributed by atoms with E-state index < -0.39 is 42.0 Å². The lowest BCUT2D eigenvalue weighted by Gasteiger charge is -2.17. The molecular formula is C22H24F3N5O3S. The smallest absolute Gasteiger partial charge is 0.275 e. The molecule has 3 heterocycles. The number of rotatable bonds is 5. The van der Waals surface area contributed by atoms with Crippen molar-refractivity contribution in [2.24, 2.45) is 12.8 Å². The van der Waals surface area contributed by atoms with E-state index in [1.165, 1.54) is 23.2 Å². The van der Waals surface area contributed by atoms with Gasteiger partial charge in [0.2, 0.25) is 0 Å². The van der Waals surface area contributed by atoms with E-state index in [1.54, 1.807) is 7.05 Å². The number of carbonyl (C=O) groups excluding carboxylic acids is 1. The van der Waals surface area contributed by atoms with Crippen LogP contribution in [0.5, 0.6) is 0 Å². The van der Waals surface area contributed by atoms with Crippen molar-refractivity contribution < 1.29 is 27.8 Å². The number of hydrogen-bond donors (Lipinski definition) is 3. The second-order valence-electron chi connectivity index (χ2n) is 8.17. The second kappa shape index (κ2) is 9.82. The van der Waals surface area contributed by atoms with Crippen LogP contribution in [-0.4, -0.2) is 44.6 Å². The molecule has 0 radical (unpaired) electrons. The van der Waals surface area contributed by atoms with Crippen molar-refractivity contribution in [3.05, 3.63) is 52.3 Å². The highest BCUT2D eigenvalue weighted by Gasteiger charge is 2.30. The number of nitrogens with two attached hydrogens (primary N) is 1. The topological polar surface area (TPSA) is 115 Å². The summed E-state index contributed by atoms with van der Waals surface area (Å²) in [6, 6.07) is 1.44. The normalized spacial score (nSPS) is 21.8. The number of hydrogen-bond acceptors (Lipinski definition) is 7. The number of carbonyl (C=O) groups is 1. The fourth-order valence-corrected chi connectivity index (χ4v) is 4.64. The molecule has 4 atom stereocenters. The van der Waals surface area contributed by atoms with Gasteiger partial charge in [-0.05, 0) is 37.5 Å². The van der Waals surface area contributed by atoms with Crippen LogP contribution in [0.4, 0.5) is 18.9 Å². The van der Waals surface area contributed by atoms with Gasteiger partial charge in [-0.15, -0.1) is 11.3 Å². The highest BCUT2D eigenvalue weighted by molar-refractivity contribution is 7.13. The Labute approximate surface area is 197 Å². The van der Waals surface area contributed by atoms with Crippen LogP contribution in [0.15, 0.2) is 23.7 Å². The summed E-state index contributed by atoms with van der Waals surface area (Å²) in [6.07, 6.45) is -0.531. The maximum Gasteiger partial charge on any atom is 0.275 e. The molecule has 0 bridgehead atoms. The number of amides is 1. The van der Waals surface area contributed by atoms with Crippen LogP contribution in [0.3, 0.4) is 0 Å². The predicted octanol–water partition coefficient (Wildman–Crippen LogP) is 3.64. The minimum Gasteiger partial charge on any atom is -0.389 e. The Balaban J connectivity index is 1.55. The van der Waals surface area contributed by atoms with Crippen molar-refractivity contribution in [3.63, 3.8) is 0 Å². The van der Waals surface area contributed by atoms with Gasteiger partial charge in [-0.1, -0.05) is 0 Å². The van der Waals surface area contributed by atoms with Crippen LogP contribution < -0.4 is 11.1 Å². The van der Waals surface area contributed by atoms with Gasteiger partial charge in [0.1, 0.15) is 34.6 Å². The first-order valence-electron chi connectivity index (χ1n) is 10.6. The van der Waals surface area contributed by atoms with Gasteiger partial charge in [-0.25, -0.2) is 18.2 Å². The third-order valence-electron chi connectivity index (χ3n) is 5.72. The predicted molar refractivity (Wildman–Crippen MR) is 120 cm³/mol. The van der Waals surface area contributed by atoms with Gasteiger partial charge in [0.05, 0.1) is 35.9 Å². The summed E-state index contributed by atoms with van der Waals surface area (Å²) < 4.78 is 50.2. The number of thiazole rings is 1. The Kier molecular flexibility index (Phi) is 7.03. The van der Waals surface area contributed by atoms with E-state index in [2.05, 4.69) is 15.4 Å². The fourth-order valence-electron chi connectivity index (χ4n) is 3.80. The van der Waals surface area contributed by atoms with Gasteiger partial charge in [-0.2, -0.15) is 5.10 Å². The Hall–Kier alpha value is -2.80. The largest absolute Gasteiger partial charge is 0.389 e. The van der Waals surface area contributed by atoms with Crippen molar-refractivity contribution >= 4 is 22.9 Å². The lowest BCUT2D eigenvalue weighted by atomic mass is 10.0. The molecule has 1 saturated heterocycles. The molecule has 34 heavy (non-hydrogen) atoms. The van der Waals surface area contributed by atoms with E-state index in [0.717, 1.165) is 23.5 Å². The number of aryl methyl sites for hydroxylation is 1. The third kappa shape index (κ3) is 4.85. The van der Waals surface area contributed by atoms with Gasteiger partial charge >= 0.3 is 0 Å². The number of aliphatic hydroxyl groups is 1. The minimum absolute atomic E-state index is 0.0150. The summed E-state index contributed by atoms with van der Waals surface area (Å²) in [5.74, 6) is -2.38. The standard InChI is InChI=1S/C22H24F3N5O3S/c1-10(31)11-5-12(23)19(13(24)6-11)22-29-17(9-34-22)21(32)28-16-7-27-30(2)20(16)18-4-3-15(26)14(25)8-33-18/h5-7,9-10,14-15,18,31H,3-4,8,26H2,1-2H3,(H,28,32)/t10-,14-,15-,18+/m1/s1. The minimum atomic E-state index is -1.28. The molecule has 12 heteroatoms. The highest BCUT2D eigenvalue weighted by Crippen LogP contribution is 2.34. The molecule has 1 aromatic carbocycles. The third-order valence-corrected chi connectivity index (χ3v) is 6.58. The average molecular weight is 496 g/mol. The lowest BCUT2D eigenvalue weighted by molar-refractivity contribution is 0.0247. The van der Waals surface area contributed by atoms with Crippen molar-refractivity contribution in [1.29, 1.82) is 0 Å². The molecule has 0 spiro atoms. The number of nitrogens with zero attached hydrogens (tertiary/aromatic N) is 3. The molecule has 0 saturated carbocycles. The first kappa shape index (κ1) is 24.3. The van der Waals surface area contributed by atoms with Crippen LogP contribution in [0, 0.1) is 11.6 Å². The summed E-state index contributed by atoms with van der Waals surface area (Å²) in [5, 5.41) is 17.8. The second-order valence-corrected chi connectivity index (χ2v) is 9.03. The van der Waals surface area contributed by atoms with E-state index >= 15 is 0 Å². The van der Waals surface area contributed by atoms with Crippen molar-refractivity contribution in [2.45, 2.75) is 44.2 Å². The number of benzene rings is 1. The van der Waals surface area contributed by atoms with Crippen LogP contribution >= 0.6 is 11.3 Å². The Morgan fingerprint density at radius 2 is 2.06 bits per heavy atom. The lowest BCUT2D eigenvalue weighted by Crippen LogP contribution is -2.32. The first-order valence-corrected chi connectivity index (χ1v) is 11.5. The number of aromatic nitrogens is 3. The quantitative estimate of drug-likeness (QED) is 0.498. The van der Waals surface area contributed by atoms with Gasteiger partial charge in [-0.3, -0.25) is 9.48 Å². The molecule has 1 aliphatic rings. The van der Waals surface area contributed by atoms with Crippen molar-refractivity contribution in [2.75, 3.05) is 11.9 Å². The number of anilines is 1. The van der Waals surface area contributed by atoms with Gasteiger partial charge in [0, 0.05) is 18.5 Å². The molecule has 1 amide bonds. The van der Waals surface area contributed by atoms with E-state index in [4.69, 9.17) is 10.5 Å². The van der Waals surface area contributed by atoms with Crippen molar-refractivity contribution in [1.82, 2.24) is 14.8 Å². The highest BCUT2D eigenvalue weighted by atomic mass is 32.1. The summed E-state index contributed by atoms with van der Waals surface area (Å²) in [6.45, 7) is 1.24. The molecule has 1 aliphatic heterocycles. The number of alkyl halides is 1. The van der Waals surface area contributed by atoms with Crippen LogP contribution in [0.25, 0.3) is 10.6 Å². The van der Waals surface area contributed by atoms with Crippen molar-refractivity contribution in [3.8, 4) is 10.6 Å². The van der Waals surface area contributed by atoms with Crippen LogP contribution in [0.2, 0.25) is 0 Å². The Bertz CT molecular complexity index is 1160. The molecule has 1 fully saturated rings. The molecule has 0 aliphatic carbocycles. The van der Waals surface area contributed by atoms with Gasteiger partial charge in [0.25, 0.3) is 5.91 Å². The molecule has 2 aromatic heterocycles. The summed E-state index contributed by atoms with van der Waals surface area (Å²) in [7, 11) is 1.68. The number of ether oxygens (including phenoxy) is 1. The van der Waals surface area contributed by atoms with Gasteiger partial charge < -0.3 is 20.9 Å². The monoisotopic (exact) mass is 495 g/mol. The van der Waals surface area contributed by atoms with Crippen LogP contribution in [0.1, 0.15) is 53.7 Å². The summed E-state index contributed by atoms with van der Waals surface area (Å²) >= 11 is 0.909. The maximum absolute atomic E-state index is 14.5. The molecular weight excluding hydrogens is 471 g/mol. The zero-order valence-corrected chi connectivity index (χ0v) is 19.3. The molecule has 4 rings (SSSR count). The van der Waals surface area contributed by atoms with Gasteiger partial charge in [0.15, 0.2) is 0 Å². The van der Waals surface area contributed by atoms with Crippen LogP contribution in [-0.2, 0) is 11.8 Å². The average Bonchev–Trinajstić information content (AvgIpc) is 3.36. The number of aliphatic hydroxyl groups excluding tert-OH is 1.